The van der Waals surface area contributed by atoms with Crippen molar-refractivity contribution in [3.8, 4) is 5.75 Å². The van der Waals surface area contributed by atoms with Gasteiger partial charge in [-0.1, -0.05) is 29.5 Å². The van der Waals surface area contributed by atoms with E-state index < -0.39 is 0 Å². The van der Waals surface area contributed by atoms with Crippen molar-refractivity contribution in [3.63, 3.8) is 0 Å². The predicted octanol–water partition coefficient (Wildman–Crippen LogP) is 3.25. The van der Waals surface area contributed by atoms with E-state index in [1.54, 1.807) is 18.2 Å². The van der Waals surface area contributed by atoms with Crippen molar-refractivity contribution in [3.05, 3.63) is 48.0 Å². The number of fused-ring (bicyclic) bond motifs is 3. The molecule has 0 aliphatic heterocycles. The summed E-state index contributed by atoms with van der Waals surface area (Å²) in [5, 5.41) is 21.9. The zero-order valence-corrected chi connectivity index (χ0v) is 14.7. The van der Waals surface area contributed by atoms with Gasteiger partial charge in [-0.2, -0.15) is 0 Å². The molecule has 1 amide bonds. The Morgan fingerprint density at radius 1 is 1.23 bits per heavy atom. The van der Waals surface area contributed by atoms with Crippen LogP contribution in [-0.4, -0.2) is 36.9 Å². The summed E-state index contributed by atoms with van der Waals surface area (Å²) in [5.41, 5.74) is 4.00. The summed E-state index contributed by atoms with van der Waals surface area (Å²) in [5.74, 6) is 0.0291. The molecule has 0 fully saturated rings. The van der Waals surface area contributed by atoms with Gasteiger partial charge in [0, 0.05) is 22.7 Å². The van der Waals surface area contributed by atoms with Gasteiger partial charge in [-0.25, -0.2) is 4.98 Å². The second-order valence-electron chi connectivity index (χ2n) is 5.85. The van der Waals surface area contributed by atoms with Crippen LogP contribution in [0.4, 0.5) is 5.69 Å². The first-order valence-corrected chi connectivity index (χ1v) is 8.91. The molecule has 0 spiro atoms. The fourth-order valence-corrected chi connectivity index (χ4v) is 3.23. The summed E-state index contributed by atoms with van der Waals surface area (Å²) in [7, 11) is 0. The summed E-state index contributed by atoms with van der Waals surface area (Å²) in [6, 6.07) is 12.5. The number of benzene rings is 2. The number of H-pyrrole nitrogens is 1. The summed E-state index contributed by atoms with van der Waals surface area (Å²) in [6.07, 6.45) is 0. The maximum absolute atomic E-state index is 12.0. The average Bonchev–Trinajstić information content (AvgIpc) is 2.97. The predicted molar refractivity (Wildman–Crippen MR) is 101 cm³/mol. The van der Waals surface area contributed by atoms with Gasteiger partial charge < -0.3 is 15.4 Å². The van der Waals surface area contributed by atoms with E-state index in [4.69, 9.17) is 0 Å². The highest BCUT2D eigenvalue weighted by atomic mass is 32.2. The minimum Gasteiger partial charge on any atom is -0.508 e. The number of carbonyl (C=O) groups is 1. The number of nitrogens with one attached hydrogen (secondary N) is 2. The molecule has 4 aromatic rings. The molecule has 4 rings (SSSR count). The van der Waals surface area contributed by atoms with E-state index in [9.17, 15) is 9.90 Å². The van der Waals surface area contributed by atoms with E-state index >= 15 is 0 Å². The molecule has 7 nitrogen and oxygen atoms in total. The van der Waals surface area contributed by atoms with Gasteiger partial charge in [-0.3, -0.25) is 4.79 Å². The Morgan fingerprint density at radius 2 is 2.12 bits per heavy atom. The topological polar surface area (TPSA) is 104 Å². The van der Waals surface area contributed by atoms with Crippen LogP contribution in [0, 0.1) is 6.92 Å². The molecule has 0 atom stereocenters. The van der Waals surface area contributed by atoms with Crippen LogP contribution in [0.5, 0.6) is 5.75 Å². The van der Waals surface area contributed by atoms with Gasteiger partial charge >= 0.3 is 0 Å². The second kappa shape index (κ2) is 6.64. The van der Waals surface area contributed by atoms with Gasteiger partial charge in [0.1, 0.15) is 11.3 Å². The van der Waals surface area contributed by atoms with E-state index in [1.165, 1.54) is 17.8 Å². The van der Waals surface area contributed by atoms with Gasteiger partial charge in [-0.15, -0.1) is 10.2 Å². The Labute approximate surface area is 152 Å². The van der Waals surface area contributed by atoms with Gasteiger partial charge in [0.25, 0.3) is 0 Å². The molecule has 3 N–H and O–H groups in total. The Bertz CT molecular complexity index is 1130. The Morgan fingerprint density at radius 3 is 2.96 bits per heavy atom. The largest absolute Gasteiger partial charge is 0.508 e. The summed E-state index contributed by atoms with van der Waals surface area (Å²) in [6.45, 7) is 2.02. The average molecular weight is 365 g/mol. The van der Waals surface area contributed by atoms with E-state index in [1.807, 2.05) is 25.1 Å². The third-order valence-corrected chi connectivity index (χ3v) is 4.65. The van der Waals surface area contributed by atoms with Crippen molar-refractivity contribution in [2.45, 2.75) is 12.1 Å². The zero-order valence-electron chi connectivity index (χ0n) is 13.9. The number of hydrogen-bond acceptors (Lipinski definition) is 6. The SMILES string of the molecule is Cc1ccc2[nH]c3nc(SCC(=O)Nc4cccc(O)c4)nnc3c2c1. The lowest BCUT2D eigenvalue weighted by molar-refractivity contribution is -0.113. The van der Waals surface area contributed by atoms with Crippen molar-refractivity contribution in [2.75, 3.05) is 11.1 Å². The number of aromatic nitrogens is 4. The van der Waals surface area contributed by atoms with Gasteiger partial charge in [0.15, 0.2) is 5.65 Å². The van der Waals surface area contributed by atoms with Crippen LogP contribution in [0.2, 0.25) is 0 Å². The number of aromatic hydroxyl groups is 1. The van der Waals surface area contributed by atoms with E-state index in [0.717, 1.165) is 22.0 Å². The van der Waals surface area contributed by atoms with Gasteiger partial charge in [0.05, 0.1) is 5.75 Å². The zero-order chi connectivity index (χ0) is 18.1. The lowest BCUT2D eigenvalue weighted by Crippen LogP contribution is -2.14. The van der Waals surface area contributed by atoms with Crippen LogP contribution >= 0.6 is 11.8 Å². The molecule has 2 heterocycles. The number of phenolic OH excluding ortho intramolecular Hbond substituents is 1. The molecule has 0 unspecified atom stereocenters. The summed E-state index contributed by atoms with van der Waals surface area (Å²) in [4.78, 5) is 19.7. The summed E-state index contributed by atoms with van der Waals surface area (Å²) >= 11 is 1.20. The van der Waals surface area contributed by atoms with E-state index in [0.29, 0.717) is 16.5 Å². The molecule has 26 heavy (non-hydrogen) atoms. The monoisotopic (exact) mass is 365 g/mol. The maximum Gasteiger partial charge on any atom is 0.234 e. The number of nitrogens with zero attached hydrogens (tertiary/aromatic N) is 3. The highest BCUT2D eigenvalue weighted by molar-refractivity contribution is 7.99. The number of amides is 1. The Hall–Kier alpha value is -3.13. The number of carbonyl (C=O) groups excluding carboxylic acids is 1. The Kier molecular flexibility index (Phi) is 4.18. The molecule has 2 aromatic carbocycles. The third kappa shape index (κ3) is 3.31. The van der Waals surface area contributed by atoms with Crippen LogP contribution in [-0.2, 0) is 4.79 Å². The van der Waals surface area contributed by atoms with Crippen LogP contribution in [0.1, 0.15) is 5.56 Å². The van der Waals surface area contributed by atoms with Crippen LogP contribution in [0.25, 0.3) is 22.1 Å². The molecule has 2 aromatic heterocycles. The molecule has 0 aliphatic rings. The number of thioether (sulfide) groups is 1. The number of rotatable bonds is 4. The molecule has 0 radical (unpaired) electrons. The molecule has 0 aliphatic carbocycles. The van der Waals surface area contributed by atoms with Crippen molar-refractivity contribution >= 4 is 45.4 Å². The first-order chi connectivity index (χ1) is 12.6. The quantitative estimate of drug-likeness (QED) is 0.480. The van der Waals surface area contributed by atoms with E-state index in [2.05, 4.69) is 25.5 Å². The first kappa shape index (κ1) is 16.3. The highest BCUT2D eigenvalue weighted by Crippen LogP contribution is 2.24. The lowest BCUT2D eigenvalue weighted by atomic mass is 10.2. The molecule has 8 heteroatoms. The van der Waals surface area contributed by atoms with Gasteiger partial charge in [-0.05, 0) is 31.2 Å². The standard InChI is InChI=1S/C18H15N5O2S/c1-10-5-6-14-13(7-10)16-17(20-14)21-18(23-22-16)26-9-15(25)19-11-3-2-4-12(24)8-11/h2-8,24H,9H2,1H3,(H,19,25)(H,20,21,23). The van der Waals surface area contributed by atoms with Gasteiger partial charge in [0.2, 0.25) is 11.1 Å². The lowest BCUT2D eigenvalue weighted by Gasteiger charge is -2.04. The second-order valence-corrected chi connectivity index (χ2v) is 6.80. The van der Waals surface area contributed by atoms with Crippen molar-refractivity contribution < 1.29 is 9.90 Å². The highest BCUT2D eigenvalue weighted by Gasteiger charge is 2.11. The molecular formula is C18H15N5O2S. The van der Waals surface area contributed by atoms with E-state index in [-0.39, 0.29) is 17.4 Å². The minimum absolute atomic E-state index is 0.0995. The van der Waals surface area contributed by atoms with Crippen molar-refractivity contribution in [2.24, 2.45) is 0 Å². The number of aryl methyl sites for hydroxylation is 1. The van der Waals surface area contributed by atoms with Crippen LogP contribution < -0.4 is 5.32 Å². The summed E-state index contributed by atoms with van der Waals surface area (Å²) < 4.78 is 0. The van der Waals surface area contributed by atoms with Crippen molar-refractivity contribution in [1.29, 1.82) is 0 Å². The van der Waals surface area contributed by atoms with Crippen LogP contribution in [0.3, 0.4) is 0 Å². The Balaban J connectivity index is 1.48. The minimum atomic E-state index is -0.212. The maximum atomic E-state index is 12.0. The smallest absolute Gasteiger partial charge is 0.234 e. The number of aromatic amines is 1. The number of hydrogen-bond donors (Lipinski definition) is 3. The fourth-order valence-electron chi connectivity index (χ4n) is 2.64. The first-order valence-electron chi connectivity index (χ1n) is 7.93. The van der Waals surface area contributed by atoms with Crippen molar-refractivity contribution in [1.82, 2.24) is 20.2 Å². The third-order valence-electron chi connectivity index (χ3n) is 3.81. The molecular weight excluding hydrogens is 350 g/mol. The number of anilines is 1. The molecule has 130 valence electrons. The molecule has 0 bridgehead atoms. The molecule has 0 saturated carbocycles. The fraction of sp³-hybridized carbons (Fsp3) is 0.111. The normalized spacial score (nSPS) is 11.1. The number of phenols is 1. The molecule has 0 saturated heterocycles. The van der Waals surface area contributed by atoms with Crippen LogP contribution in [0.15, 0.2) is 47.6 Å².